The quantitative estimate of drug-likeness (QED) is 0.842. The Labute approximate surface area is 136 Å². The first-order valence-electron chi connectivity index (χ1n) is 7.64. The number of hydrogen-bond donors (Lipinski definition) is 1. The Kier molecular flexibility index (Phi) is 5.52. The van der Waals surface area contributed by atoms with Gasteiger partial charge in [0.2, 0.25) is 5.91 Å². The molecule has 0 bridgehead atoms. The number of hydrogen-bond acceptors (Lipinski definition) is 3. The molecule has 0 spiro atoms. The van der Waals surface area contributed by atoms with Crippen LogP contribution in [0.2, 0.25) is 0 Å². The fraction of sp³-hybridized carbons (Fsp3) is 0.263. The number of carbonyl (C=O) groups is 2. The number of methoxy groups -OCH3 is 1. The van der Waals surface area contributed by atoms with Gasteiger partial charge in [0, 0.05) is 12.1 Å². The topological polar surface area (TPSA) is 55.4 Å². The zero-order valence-electron chi connectivity index (χ0n) is 13.7. The van der Waals surface area contributed by atoms with Gasteiger partial charge >= 0.3 is 5.97 Å². The first kappa shape index (κ1) is 16.7. The van der Waals surface area contributed by atoms with Gasteiger partial charge in [0.15, 0.2) is 0 Å². The van der Waals surface area contributed by atoms with Crippen LogP contribution in [-0.4, -0.2) is 19.0 Å². The lowest BCUT2D eigenvalue weighted by Crippen LogP contribution is -2.10. The molecule has 120 valence electrons. The van der Waals surface area contributed by atoms with Gasteiger partial charge in [-0.3, -0.25) is 4.79 Å². The first-order valence-corrected chi connectivity index (χ1v) is 7.64. The molecule has 23 heavy (non-hydrogen) atoms. The molecule has 0 unspecified atom stereocenters. The fourth-order valence-corrected chi connectivity index (χ4v) is 2.36. The lowest BCUT2D eigenvalue weighted by atomic mass is 9.98. The molecule has 1 N–H and O–H groups in total. The highest BCUT2D eigenvalue weighted by atomic mass is 16.5. The van der Waals surface area contributed by atoms with E-state index in [4.69, 9.17) is 4.74 Å². The van der Waals surface area contributed by atoms with Gasteiger partial charge in [-0.05, 0) is 54.3 Å². The van der Waals surface area contributed by atoms with Gasteiger partial charge in [0.25, 0.3) is 0 Å². The fourth-order valence-electron chi connectivity index (χ4n) is 2.36. The number of nitrogens with one attached hydrogen (secondary N) is 1. The standard InChI is InChI=1S/C19H21NO3/c1-4-5-18(21)20-16-10-8-14(9-11-16)17-12-15(19(22)23-3)7-6-13(17)2/h6-12H,4-5H2,1-3H3,(H,20,21). The van der Waals surface area contributed by atoms with Crippen LogP contribution in [0.15, 0.2) is 42.5 Å². The van der Waals surface area contributed by atoms with Gasteiger partial charge in [-0.1, -0.05) is 25.1 Å². The van der Waals surface area contributed by atoms with Crippen molar-refractivity contribution in [1.29, 1.82) is 0 Å². The third-order valence-electron chi connectivity index (χ3n) is 3.62. The molecule has 0 atom stereocenters. The highest BCUT2D eigenvalue weighted by molar-refractivity contribution is 5.92. The summed E-state index contributed by atoms with van der Waals surface area (Å²) in [5.74, 6) is -0.334. The summed E-state index contributed by atoms with van der Waals surface area (Å²) in [7, 11) is 1.37. The number of benzene rings is 2. The molecule has 1 amide bonds. The second-order valence-electron chi connectivity index (χ2n) is 5.40. The SMILES string of the molecule is CCCC(=O)Nc1ccc(-c2cc(C(=O)OC)ccc2C)cc1. The molecule has 0 aliphatic heterocycles. The van der Waals surface area contributed by atoms with Gasteiger partial charge in [-0.15, -0.1) is 0 Å². The lowest BCUT2D eigenvalue weighted by Gasteiger charge is -2.10. The number of esters is 1. The minimum Gasteiger partial charge on any atom is -0.465 e. The van der Waals surface area contributed by atoms with Crippen molar-refractivity contribution in [3.63, 3.8) is 0 Å². The van der Waals surface area contributed by atoms with Crippen LogP contribution in [0.3, 0.4) is 0 Å². The monoisotopic (exact) mass is 311 g/mol. The lowest BCUT2D eigenvalue weighted by molar-refractivity contribution is -0.116. The van der Waals surface area contributed by atoms with Crippen molar-refractivity contribution in [2.45, 2.75) is 26.7 Å². The largest absolute Gasteiger partial charge is 0.465 e. The van der Waals surface area contributed by atoms with Gasteiger partial charge in [-0.2, -0.15) is 0 Å². The van der Waals surface area contributed by atoms with E-state index in [1.54, 1.807) is 6.07 Å². The number of rotatable bonds is 5. The number of carbonyl (C=O) groups excluding carboxylic acids is 2. The van der Waals surface area contributed by atoms with Crippen molar-refractivity contribution < 1.29 is 14.3 Å². The average molecular weight is 311 g/mol. The molecule has 0 aliphatic carbocycles. The van der Waals surface area contributed by atoms with Crippen LogP contribution >= 0.6 is 0 Å². The molecule has 4 nitrogen and oxygen atoms in total. The molecule has 2 aromatic carbocycles. The normalized spacial score (nSPS) is 10.2. The Morgan fingerprint density at radius 3 is 2.39 bits per heavy atom. The second-order valence-corrected chi connectivity index (χ2v) is 5.40. The Morgan fingerprint density at radius 1 is 1.09 bits per heavy atom. The van der Waals surface area contributed by atoms with E-state index in [9.17, 15) is 9.59 Å². The van der Waals surface area contributed by atoms with Crippen molar-refractivity contribution in [2.75, 3.05) is 12.4 Å². The molecule has 2 aromatic rings. The Balaban J connectivity index is 2.25. The van der Waals surface area contributed by atoms with Crippen LogP contribution in [0.4, 0.5) is 5.69 Å². The van der Waals surface area contributed by atoms with E-state index >= 15 is 0 Å². The number of anilines is 1. The number of ether oxygens (including phenoxy) is 1. The van der Waals surface area contributed by atoms with Gasteiger partial charge in [0.1, 0.15) is 0 Å². The number of amides is 1. The van der Waals surface area contributed by atoms with Crippen molar-refractivity contribution in [1.82, 2.24) is 0 Å². The zero-order chi connectivity index (χ0) is 16.8. The first-order chi connectivity index (χ1) is 11.0. The summed E-state index contributed by atoms with van der Waals surface area (Å²) < 4.78 is 4.77. The van der Waals surface area contributed by atoms with E-state index in [0.29, 0.717) is 12.0 Å². The van der Waals surface area contributed by atoms with E-state index < -0.39 is 0 Å². The highest BCUT2D eigenvalue weighted by Crippen LogP contribution is 2.26. The number of aryl methyl sites for hydroxylation is 1. The summed E-state index contributed by atoms with van der Waals surface area (Å²) in [5.41, 5.74) is 4.32. The predicted molar refractivity (Wildman–Crippen MR) is 91.5 cm³/mol. The van der Waals surface area contributed by atoms with Crippen LogP contribution in [-0.2, 0) is 9.53 Å². The van der Waals surface area contributed by atoms with E-state index in [1.807, 2.05) is 50.2 Å². The highest BCUT2D eigenvalue weighted by Gasteiger charge is 2.09. The maximum atomic E-state index is 11.7. The summed E-state index contributed by atoms with van der Waals surface area (Å²) in [5, 5.41) is 2.86. The van der Waals surface area contributed by atoms with Crippen molar-refractivity contribution in [3.8, 4) is 11.1 Å². The van der Waals surface area contributed by atoms with Crippen molar-refractivity contribution >= 4 is 17.6 Å². The maximum absolute atomic E-state index is 11.7. The average Bonchev–Trinajstić information content (AvgIpc) is 2.55. The van der Waals surface area contributed by atoms with Crippen LogP contribution in [0.25, 0.3) is 11.1 Å². The molecule has 0 radical (unpaired) electrons. The summed E-state index contributed by atoms with van der Waals surface area (Å²) in [6.45, 7) is 3.97. The molecule has 0 aromatic heterocycles. The molecule has 2 rings (SSSR count). The van der Waals surface area contributed by atoms with Gasteiger partial charge < -0.3 is 10.1 Å². The van der Waals surface area contributed by atoms with E-state index in [2.05, 4.69) is 5.32 Å². The maximum Gasteiger partial charge on any atom is 0.337 e. The van der Waals surface area contributed by atoms with Crippen molar-refractivity contribution in [3.05, 3.63) is 53.6 Å². The third kappa shape index (κ3) is 4.19. The summed E-state index contributed by atoms with van der Waals surface area (Å²) >= 11 is 0. The molecule has 0 aliphatic rings. The van der Waals surface area contributed by atoms with E-state index in [0.717, 1.165) is 28.8 Å². The minimum absolute atomic E-state index is 0.0177. The molecule has 4 heteroatoms. The second kappa shape index (κ2) is 7.58. The van der Waals surface area contributed by atoms with Crippen LogP contribution in [0.1, 0.15) is 35.7 Å². The van der Waals surface area contributed by atoms with E-state index in [1.165, 1.54) is 7.11 Å². The third-order valence-corrected chi connectivity index (χ3v) is 3.62. The Morgan fingerprint density at radius 2 is 1.78 bits per heavy atom. The summed E-state index contributed by atoms with van der Waals surface area (Å²) in [6.07, 6.45) is 1.34. The molecule has 0 fully saturated rings. The molecular formula is C19H21NO3. The van der Waals surface area contributed by atoms with Crippen molar-refractivity contribution in [2.24, 2.45) is 0 Å². The Hall–Kier alpha value is -2.62. The minimum atomic E-state index is -0.352. The predicted octanol–water partition coefficient (Wildman–Crippen LogP) is 4.19. The van der Waals surface area contributed by atoms with Crippen LogP contribution in [0.5, 0.6) is 0 Å². The molecular weight excluding hydrogens is 290 g/mol. The summed E-state index contributed by atoms with van der Waals surface area (Å²) in [4.78, 5) is 23.3. The molecule has 0 saturated carbocycles. The smallest absolute Gasteiger partial charge is 0.337 e. The molecule has 0 saturated heterocycles. The van der Waals surface area contributed by atoms with Gasteiger partial charge in [0.05, 0.1) is 12.7 Å². The van der Waals surface area contributed by atoms with Crippen LogP contribution in [0, 0.1) is 6.92 Å². The zero-order valence-corrected chi connectivity index (χ0v) is 13.7. The van der Waals surface area contributed by atoms with Crippen LogP contribution < -0.4 is 5.32 Å². The van der Waals surface area contributed by atoms with Gasteiger partial charge in [-0.25, -0.2) is 4.79 Å². The Bertz CT molecular complexity index is 705. The van der Waals surface area contributed by atoms with E-state index in [-0.39, 0.29) is 11.9 Å². The molecule has 0 heterocycles. The summed E-state index contributed by atoms with van der Waals surface area (Å²) in [6, 6.07) is 13.1.